The molecular weight excluding hydrogens is 158 g/mol. The van der Waals surface area contributed by atoms with Crippen molar-refractivity contribution in [1.82, 2.24) is 0 Å². The SMILES string of the molecule is CCOC(=N)c1cscc1C. The largest absolute Gasteiger partial charge is 0.478 e. The van der Waals surface area contributed by atoms with E-state index in [9.17, 15) is 0 Å². The molecule has 0 saturated carbocycles. The summed E-state index contributed by atoms with van der Waals surface area (Å²) in [6, 6.07) is 0. The van der Waals surface area contributed by atoms with E-state index in [0.29, 0.717) is 6.61 Å². The zero-order valence-electron chi connectivity index (χ0n) is 6.68. The van der Waals surface area contributed by atoms with Crippen molar-refractivity contribution in [2.45, 2.75) is 13.8 Å². The number of hydrogen-bond acceptors (Lipinski definition) is 3. The van der Waals surface area contributed by atoms with Gasteiger partial charge in [-0.25, -0.2) is 0 Å². The Labute approximate surface area is 70.3 Å². The lowest BCUT2D eigenvalue weighted by Crippen LogP contribution is -2.04. The summed E-state index contributed by atoms with van der Waals surface area (Å²) in [4.78, 5) is 0. The molecule has 2 nitrogen and oxygen atoms in total. The summed E-state index contributed by atoms with van der Waals surface area (Å²) in [5.74, 6) is 0.284. The first kappa shape index (κ1) is 8.27. The maximum atomic E-state index is 7.47. The molecule has 0 bridgehead atoms. The molecule has 0 fully saturated rings. The summed E-state index contributed by atoms with van der Waals surface area (Å²) in [5, 5.41) is 11.4. The number of ether oxygens (including phenoxy) is 1. The molecule has 0 aliphatic rings. The number of aryl methyl sites for hydroxylation is 1. The smallest absolute Gasteiger partial charge is 0.214 e. The van der Waals surface area contributed by atoms with Gasteiger partial charge in [0.1, 0.15) is 0 Å². The van der Waals surface area contributed by atoms with Gasteiger partial charge in [-0.1, -0.05) is 0 Å². The summed E-state index contributed by atoms with van der Waals surface area (Å²) in [5.41, 5.74) is 2.03. The first-order chi connectivity index (χ1) is 5.25. The van der Waals surface area contributed by atoms with Crippen molar-refractivity contribution in [1.29, 1.82) is 5.41 Å². The van der Waals surface area contributed by atoms with Gasteiger partial charge in [0.2, 0.25) is 5.90 Å². The van der Waals surface area contributed by atoms with Crippen LogP contribution in [0.15, 0.2) is 10.8 Å². The fraction of sp³-hybridized carbons (Fsp3) is 0.375. The molecule has 0 amide bonds. The lowest BCUT2D eigenvalue weighted by molar-refractivity contribution is 0.325. The van der Waals surface area contributed by atoms with Crippen molar-refractivity contribution in [3.05, 3.63) is 21.9 Å². The number of rotatable bonds is 2. The molecule has 0 spiro atoms. The molecular formula is C8H11NOS. The Morgan fingerprint density at radius 2 is 2.36 bits per heavy atom. The Kier molecular flexibility index (Phi) is 2.65. The van der Waals surface area contributed by atoms with Gasteiger partial charge in [-0.15, -0.1) is 0 Å². The second-order valence-electron chi connectivity index (χ2n) is 2.23. The Morgan fingerprint density at radius 3 is 2.82 bits per heavy atom. The van der Waals surface area contributed by atoms with Crippen molar-refractivity contribution < 1.29 is 4.74 Å². The number of thiophene rings is 1. The van der Waals surface area contributed by atoms with Crippen molar-refractivity contribution in [2.24, 2.45) is 0 Å². The van der Waals surface area contributed by atoms with Crippen LogP contribution >= 0.6 is 11.3 Å². The molecule has 1 heterocycles. The molecule has 11 heavy (non-hydrogen) atoms. The minimum absolute atomic E-state index is 0.284. The fourth-order valence-corrected chi connectivity index (χ4v) is 1.64. The molecule has 0 aliphatic heterocycles. The van der Waals surface area contributed by atoms with Crippen LogP contribution in [0.25, 0.3) is 0 Å². The average molecular weight is 169 g/mol. The molecule has 0 saturated heterocycles. The van der Waals surface area contributed by atoms with Gasteiger partial charge in [0, 0.05) is 10.9 Å². The first-order valence-electron chi connectivity index (χ1n) is 3.50. The third kappa shape index (κ3) is 1.80. The summed E-state index contributed by atoms with van der Waals surface area (Å²) in [7, 11) is 0. The molecule has 0 unspecified atom stereocenters. The van der Waals surface area contributed by atoms with Crippen molar-refractivity contribution in [3.8, 4) is 0 Å². The van der Waals surface area contributed by atoms with Gasteiger partial charge < -0.3 is 4.74 Å². The van der Waals surface area contributed by atoms with Crippen molar-refractivity contribution in [3.63, 3.8) is 0 Å². The third-order valence-electron chi connectivity index (χ3n) is 1.39. The lowest BCUT2D eigenvalue weighted by Gasteiger charge is -2.02. The van der Waals surface area contributed by atoms with E-state index < -0.39 is 0 Å². The van der Waals surface area contributed by atoms with Crippen LogP contribution in [0.5, 0.6) is 0 Å². The molecule has 60 valence electrons. The zero-order valence-corrected chi connectivity index (χ0v) is 7.49. The molecule has 3 heteroatoms. The molecule has 0 radical (unpaired) electrons. The molecule has 0 aliphatic carbocycles. The highest BCUT2D eigenvalue weighted by Crippen LogP contribution is 2.14. The highest BCUT2D eigenvalue weighted by atomic mass is 32.1. The van der Waals surface area contributed by atoms with Gasteiger partial charge in [-0.3, -0.25) is 5.41 Å². The average Bonchev–Trinajstić information content (AvgIpc) is 2.36. The van der Waals surface area contributed by atoms with Gasteiger partial charge in [0.15, 0.2) is 0 Å². The molecule has 1 aromatic heterocycles. The third-order valence-corrected chi connectivity index (χ3v) is 2.25. The maximum Gasteiger partial charge on any atom is 0.214 e. The lowest BCUT2D eigenvalue weighted by atomic mass is 10.2. The Morgan fingerprint density at radius 1 is 1.64 bits per heavy atom. The zero-order chi connectivity index (χ0) is 8.27. The van der Waals surface area contributed by atoms with E-state index in [0.717, 1.165) is 11.1 Å². The number of nitrogens with one attached hydrogen (secondary N) is 1. The predicted octanol–water partition coefficient (Wildman–Crippen LogP) is 2.42. The molecule has 1 rings (SSSR count). The van der Waals surface area contributed by atoms with E-state index in [4.69, 9.17) is 10.1 Å². The van der Waals surface area contributed by atoms with Crippen LogP contribution in [0, 0.1) is 12.3 Å². The predicted molar refractivity (Wildman–Crippen MR) is 47.5 cm³/mol. The molecule has 0 atom stereocenters. The van der Waals surface area contributed by atoms with E-state index >= 15 is 0 Å². The maximum absolute atomic E-state index is 7.47. The summed E-state index contributed by atoms with van der Waals surface area (Å²) < 4.78 is 5.06. The number of hydrogen-bond donors (Lipinski definition) is 1. The van der Waals surface area contributed by atoms with Crippen molar-refractivity contribution in [2.75, 3.05) is 6.61 Å². The van der Waals surface area contributed by atoms with Crippen LogP contribution < -0.4 is 0 Å². The van der Waals surface area contributed by atoms with Gasteiger partial charge in [-0.2, -0.15) is 11.3 Å². The molecule has 0 aromatic carbocycles. The minimum Gasteiger partial charge on any atom is -0.478 e. The van der Waals surface area contributed by atoms with Crippen molar-refractivity contribution >= 4 is 17.2 Å². The van der Waals surface area contributed by atoms with Crippen LogP contribution in [0.1, 0.15) is 18.1 Å². The minimum atomic E-state index is 0.284. The fourth-order valence-electron chi connectivity index (χ4n) is 0.815. The molecule has 1 N–H and O–H groups in total. The summed E-state index contributed by atoms with van der Waals surface area (Å²) in [6.07, 6.45) is 0. The van der Waals surface area contributed by atoms with Gasteiger partial charge in [0.05, 0.1) is 6.61 Å². The van der Waals surface area contributed by atoms with Crippen LogP contribution in [0.3, 0.4) is 0 Å². The van der Waals surface area contributed by atoms with Crippen LogP contribution in [-0.4, -0.2) is 12.5 Å². The first-order valence-corrected chi connectivity index (χ1v) is 4.44. The van der Waals surface area contributed by atoms with E-state index in [1.807, 2.05) is 24.6 Å². The quantitative estimate of drug-likeness (QED) is 0.535. The molecule has 1 aromatic rings. The van der Waals surface area contributed by atoms with E-state index in [1.54, 1.807) is 11.3 Å². The van der Waals surface area contributed by atoms with E-state index in [2.05, 4.69) is 0 Å². The second kappa shape index (κ2) is 3.53. The highest BCUT2D eigenvalue weighted by Gasteiger charge is 2.05. The summed E-state index contributed by atoms with van der Waals surface area (Å²) >= 11 is 1.60. The standard InChI is InChI=1S/C8H11NOS/c1-3-10-8(9)7-5-11-4-6(7)2/h4-5,9H,3H2,1-2H3. The van der Waals surface area contributed by atoms with E-state index in [-0.39, 0.29) is 5.90 Å². The van der Waals surface area contributed by atoms with Gasteiger partial charge in [0.25, 0.3) is 0 Å². The van der Waals surface area contributed by atoms with E-state index in [1.165, 1.54) is 0 Å². The topological polar surface area (TPSA) is 33.1 Å². The second-order valence-corrected chi connectivity index (χ2v) is 2.97. The van der Waals surface area contributed by atoms with Gasteiger partial charge >= 0.3 is 0 Å². The van der Waals surface area contributed by atoms with Crippen LogP contribution in [0.2, 0.25) is 0 Å². The summed E-state index contributed by atoms with van der Waals surface area (Å²) in [6.45, 7) is 4.43. The Bertz CT molecular complexity index is 254. The van der Waals surface area contributed by atoms with Crippen LogP contribution in [0.4, 0.5) is 0 Å². The Balaban J connectivity index is 2.76. The normalized spacial score (nSPS) is 9.64. The highest BCUT2D eigenvalue weighted by molar-refractivity contribution is 7.08. The van der Waals surface area contributed by atoms with Crippen LogP contribution in [-0.2, 0) is 4.74 Å². The monoisotopic (exact) mass is 169 g/mol. The Hall–Kier alpha value is -0.830. The van der Waals surface area contributed by atoms with Gasteiger partial charge in [-0.05, 0) is 24.8 Å².